The molecule has 6 N–H and O–H groups in total. The highest BCUT2D eigenvalue weighted by Gasteiger charge is 2.43. The summed E-state index contributed by atoms with van der Waals surface area (Å²) < 4.78 is 15.7. The smallest absolute Gasteiger partial charge is 0.272 e. The van der Waals surface area contributed by atoms with Crippen molar-refractivity contribution in [1.29, 1.82) is 0 Å². The molecule has 33 heavy (non-hydrogen) atoms. The third-order valence-electron chi connectivity index (χ3n) is 5.09. The van der Waals surface area contributed by atoms with Gasteiger partial charge >= 0.3 is 0 Å². The van der Waals surface area contributed by atoms with Crippen molar-refractivity contribution in [3.8, 4) is 5.75 Å². The van der Waals surface area contributed by atoms with E-state index in [1.807, 2.05) is 0 Å². The van der Waals surface area contributed by atoms with Crippen LogP contribution in [0.15, 0.2) is 33.9 Å². The topological polar surface area (TPSA) is 184 Å². The first-order valence-electron chi connectivity index (χ1n) is 10.3. The Bertz CT molecular complexity index is 1020. The number of amides is 1. The van der Waals surface area contributed by atoms with Crippen LogP contribution >= 0.6 is 0 Å². The molecule has 3 rings (SSSR count). The van der Waals surface area contributed by atoms with Crippen LogP contribution in [0.3, 0.4) is 0 Å². The fourth-order valence-corrected chi connectivity index (χ4v) is 3.26. The van der Waals surface area contributed by atoms with Crippen molar-refractivity contribution in [3.05, 3.63) is 50.3 Å². The van der Waals surface area contributed by atoms with Gasteiger partial charge in [0.05, 0.1) is 19.8 Å². The molecule has 12 heteroatoms. The number of hydrogen-bond acceptors (Lipinski definition) is 11. The molecule has 0 aliphatic carbocycles. The standard InChI is InChI=1S/C21H26N2O10/c1-2-31-19-13(15(26)17(19)28)23-11-5-3-10(4-6-11)20(30)22-7-8-32-21-18(29)16(27)14(25)12(9-24)33-21/h3-6,12,14,16,18,21,23-25,27,29H,2,7-9H2,1H3,(H,22,30)/t12-,14-,16+,18+,21?/m1/s1. The quantitative estimate of drug-likeness (QED) is 0.168. The van der Waals surface area contributed by atoms with Crippen molar-refractivity contribution < 1.29 is 39.4 Å². The summed E-state index contributed by atoms with van der Waals surface area (Å²) in [6.45, 7) is 1.36. The first kappa shape index (κ1) is 24.8. The molecule has 0 saturated carbocycles. The number of nitrogens with one attached hydrogen (secondary N) is 2. The molecule has 0 spiro atoms. The van der Waals surface area contributed by atoms with Crippen LogP contribution in [0, 0.1) is 0 Å². The van der Waals surface area contributed by atoms with Crippen LogP contribution in [0.5, 0.6) is 5.75 Å². The van der Waals surface area contributed by atoms with Gasteiger partial charge in [0.25, 0.3) is 16.8 Å². The lowest BCUT2D eigenvalue weighted by atomic mass is 9.99. The number of carbonyl (C=O) groups is 1. The molecule has 0 aromatic heterocycles. The predicted molar refractivity (Wildman–Crippen MR) is 114 cm³/mol. The van der Waals surface area contributed by atoms with E-state index < -0.39 is 54.1 Å². The van der Waals surface area contributed by atoms with Gasteiger partial charge < -0.3 is 45.3 Å². The zero-order valence-electron chi connectivity index (χ0n) is 17.8. The molecule has 2 aromatic rings. The van der Waals surface area contributed by atoms with E-state index in [0.717, 1.165) is 0 Å². The van der Waals surface area contributed by atoms with Crippen LogP contribution in [-0.2, 0) is 9.47 Å². The molecule has 0 radical (unpaired) electrons. The zero-order valence-corrected chi connectivity index (χ0v) is 17.8. The lowest BCUT2D eigenvalue weighted by molar-refractivity contribution is -0.300. The highest BCUT2D eigenvalue weighted by Crippen LogP contribution is 2.23. The predicted octanol–water partition coefficient (Wildman–Crippen LogP) is -2.03. The molecule has 1 aliphatic rings. The minimum absolute atomic E-state index is 0.0104. The van der Waals surface area contributed by atoms with Gasteiger partial charge in [0.1, 0.15) is 30.1 Å². The molecule has 1 amide bonds. The molecule has 12 nitrogen and oxygen atoms in total. The van der Waals surface area contributed by atoms with Crippen molar-refractivity contribution in [2.45, 2.75) is 37.6 Å². The number of carbonyl (C=O) groups excluding carboxylic acids is 1. The van der Waals surface area contributed by atoms with E-state index in [1.54, 1.807) is 19.1 Å². The Hall–Kier alpha value is -2.87. The lowest BCUT2D eigenvalue weighted by Crippen LogP contribution is -2.59. The summed E-state index contributed by atoms with van der Waals surface area (Å²) in [5, 5.41) is 44.0. The second-order valence-corrected chi connectivity index (χ2v) is 7.32. The van der Waals surface area contributed by atoms with Crippen LogP contribution in [0.2, 0.25) is 0 Å². The summed E-state index contributed by atoms with van der Waals surface area (Å²) in [4.78, 5) is 35.5. The van der Waals surface area contributed by atoms with Crippen LogP contribution in [0.25, 0.3) is 0 Å². The Labute approximate surface area is 188 Å². The van der Waals surface area contributed by atoms with Gasteiger partial charge in [-0.3, -0.25) is 14.4 Å². The number of ether oxygens (including phenoxy) is 3. The molecule has 1 aliphatic heterocycles. The summed E-state index contributed by atoms with van der Waals surface area (Å²) in [6, 6.07) is 6.15. The molecule has 1 fully saturated rings. The molecule has 5 atom stereocenters. The normalized spacial score (nSPS) is 25.1. The average Bonchev–Trinajstić information content (AvgIpc) is 2.83. The van der Waals surface area contributed by atoms with E-state index in [9.17, 15) is 29.7 Å². The average molecular weight is 466 g/mol. The summed E-state index contributed by atoms with van der Waals surface area (Å²) >= 11 is 0. The number of rotatable bonds is 10. The molecule has 0 bridgehead atoms. The first-order chi connectivity index (χ1) is 15.8. The van der Waals surface area contributed by atoms with Crippen molar-refractivity contribution in [3.63, 3.8) is 0 Å². The lowest BCUT2D eigenvalue weighted by Gasteiger charge is -2.39. The number of benzene rings is 1. The van der Waals surface area contributed by atoms with Gasteiger partial charge in [-0.05, 0) is 31.2 Å². The van der Waals surface area contributed by atoms with E-state index in [2.05, 4.69) is 10.6 Å². The molecular formula is C21H26N2O10. The summed E-state index contributed by atoms with van der Waals surface area (Å²) in [6.07, 6.45) is -6.90. The fraction of sp³-hybridized carbons (Fsp3) is 0.476. The maximum Gasteiger partial charge on any atom is 0.272 e. The highest BCUT2D eigenvalue weighted by molar-refractivity contribution is 5.94. The van der Waals surface area contributed by atoms with Crippen LogP contribution < -0.4 is 26.2 Å². The number of aliphatic hydroxyl groups is 4. The van der Waals surface area contributed by atoms with E-state index in [4.69, 9.17) is 19.3 Å². The summed E-state index contributed by atoms with van der Waals surface area (Å²) in [5.41, 5.74) is -0.459. The van der Waals surface area contributed by atoms with E-state index in [-0.39, 0.29) is 31.2 Å². The zero-order chi connectivity index (χ0) is 24.1. The van der Waals surface area contributed by atoms with Gasteiger partial charge in [0, 0.05) is 17.8 Å². The second-order valence-electron chi connectivity index (χ2n) is 7.32. The van der Waals surface area contributed by atoms with E-state index in [0.29, 0.717) is 11.3 Å². The Morgan fingerprint density at radius 2 is 1.76 bits per heavy atom. The SMILES string of the molecule is CCOc1c(Nc2ccc(C(=O)NCCOC3O[C@H](CO)[C@@H](O)[C@H](O)[C@@H]3O)cc2)c(=O)c1=O. The molecule has 1 unspecified atom stereocenters. The van der Waals surface area contributed by atoms with E-state index in [1.165, 1.54) is 12.1 Å². The van der Waals surface area contributed by atoms with E-state index >= 15 is 0 Å². The Morgan fingerprint density at radius 3 is 2.39 bits per heavy atom. The summed E-state index contributed by atoms with van der Waals surface area (Å²) in [5.74, 6) is -0.424. The van der Waals surface area contributed by atoms with Crippen molar-refractivity contribution in [2.24, 2.45) is 0 Å². The molecule has 1 heterocycles. The molecule has 2 aromatic carbocycles. The monoisotopic (exact) mass is 466 g/mol. The van der Waals surface area contributed by atoms with Gasteiger partial charge in [-0.1, -0.05) is 0 Å². The van der Waals surface area contributed by atoms with Crippen molar-refractivity contribution in [1.82, 2.24) is 5.32 Å². The summed E-state index contributed by atoms with van der Waals surface area (Å²) in [7, 11) is 0. The third-order valence-corrected chi connectivity index (χ3v) is 5.09. The molecular weight excluding hydrogens is 440 g/mol. The molecule has 180 valence electrons. The van der Waals surface area contributed by atoms with Gasteiger partial charge in [-0.25, -0.2) is 0 Å². The van der Waals surface area contributed by atoms with Gasteiger partial charge in [0.2, 0.25) is 0 Å². The van der Waals surface area contributed by atoms with Gasteiger partial charge in [-0.2, -0.15) is 0 Å². The maximum atomic E-state index is 12.3. The van der Waals surface area contributed by atoms with Crippen molar-refractivity contribution >= 4 is 17.3 Å². The minimum atomic E-state index is -1.55. The van der Waals surface area contributed by atoms with Crippen LogP contribution in [-0.4, -0.2) is 83.4 Å². The minimum Gasteiger partial charge on any atom is -0.488 e. The first-order valence-corrected chi connectivity index (χ1v) is 10.3. The number of anilines is 2. The van der Waals surface area contributed by atoms with Gasteiger partial charge in [0.15, 0.2) is 12.0 Å². The van der Waals surface area contributed by atoms with Gasteiger partial charge in [-0.15, -0.1) is 0 Å². The molecule has 1 saturated heterocycles. The third kappa shape index (κ3) is 5.38. The Kier molecular flexibility index (Phi) is 8.13. The Morgan fingerprint density at radius 1 is 1.06 bits per heavy atom. The Balaban J connectivity index is 1.47. The number of hydrogen-bond donors (Lipinski definition) is 6. The maximum absolute atomic E-state index is 12.3. The second kappa shape index (κ2) is 10.8. The largest absolute Gasteiger partial charge is 0.488 e. The number of aliphatic hydroxyl groups excluding tert-OH is 4. The fourth-order valence-electron chi connectivity index (χ4n) is 3.26. The van der Waals surface area contributed by atoms with Crippen LogP contribution in [0.1, 0.15) is 17.3 Å². The highest BCUT2D eigenvalue weighted by atomic mass is 16.7. The van der Waals surface area contributed by atoms with Crippen molar-refractivity contribution in [2.75, 3.05) is 31.7 Å². The van der Waals surface area contributed by atoms with Crippen LogP contribution in [0.4, 0.5) is 11.4 Å².